The van der Waals surface area contributed by atoms with E-state index in [1.807, 2.05) is 0 Å². The summed E-state index contributed by atoms with van der Waals surface area (Å²) in [4.78, 5) is 6.52. The predicted molar refractivity (Wildman–Crippen MR) is 61.2 cm³/mol. The van der Waals surface area contributed by atoms with Crippen molar-refractivity contribution in [1.29, 1.82) is 0 Å². The van der Waals surface area contributed by atoms with Crippen molar-refractivity contribution in [2.45, 2.75) is 25.9 Å². The molecule has 0 spiro atoms. The Labute approximate surface area is 94.7 Å². The minimum absolute atomic E-state index is 0.00694. The molecule has 1 fully saturated rings. The van der Waals surface area contributed by atoms with E-state index in [9.17, 15) is 0 Å². The largest absolute Gasteiger partial charge is 0.392 e. The summed E-state index contributed by atoms with van der Waals surface area (Å²) in [5.74, 6) is 0.855. The lowest BCUT2D eigenvalue weighted by atomic mass is 10.1. The van der Waals surface area contributed by atoms with Gasteiger partial charge in [-0.2, -0.15) is 0 Å². The van der Waals surface area contributed by atoms with Crippen LogP contribution in [0.5, 0.6) is 0 Å². The zero-order valence-electron chi connectivity index (χ0n) is 8.62. The lowest BCUT2D eigenvalue weighted by Crippen LogP contribution is -2.30. The van der Waals surface area contributed by atoms with E-state index in [0.29, 0.717) is 5.02 Å². The first-order valence-electron chi connectivity index (χ1n) is 5.31. The number of aliphatic hydroxyl groups excluding tert-OH is 1. The lowest BCUT2D eigenvalue weighted by Gasteiger charge is -2.28. The molecule has 0 amide bonds. The summed E-state index contributed by atoms with van der Waals surface area (Å²) >= 11 is 6.13. The van der Waals surface area contributed by atoms with Crippen molar-refractivity contribution in [3.8, 4) is 0 Å². The van der Waals surface area contributed by atoms with Gasteiger partial charge in [0.1, 0.15) is 5.82 Å². The highest BCUT2D eigenvalue weighted by atomic mass is 35.5. The molecule has 0 aromatic carbocycles. The van der Waals surface area contributed by atoms with E-state index in [1.165, 1.54) is 19.3 Å². The second-order valence-electron chi connectivity index (χ2n) is 3.85. The maximum Gasteiger partial charge on any atom is 0.147 e. The molecule has 0 unspecified atom stereocenters. The van der Waals surface area contributed by atoms with Crippen molar-refractivity contribution in [2.75, 3.05) is 18.0 Å². The van der Waals surface area contributed by atoms with Crippen LogP contribution in [0.15, 0.2) is 12.3 Å². The van der Waals surface area contributed by atoms with Gasteiger partial charge in [-0.15, -0.1) is 0 Å². The molecule has 4 heteroatoms. The van der Waals surface area contributed by atoms with Gasteiger partial charge in [0.05, 0.1) is 11.6 Å². The number of halogens is 1. The van der Waals surface area contributed by atoms with Crippen LogP contribution in [-0.4, -0.2) is 23.2 Å². The number of rotatable bonds is 2. The molecule has 1 saturated heterocycles. The van der Waals surface area contributed by atoms with Gasteiger partial charge in [-0.3, -0.25) is 0 Å². The minimum Gasteiger partial charge on any atom is -0.392 e. The molecule has 0 atom stereocenters. The van der Waals surface area contributed by atoms with Gasteiger partial charge >= 0.3 is 0 Å². The third kappa shape index (κ3) is 2.41. The molecule has 1 aliphatic heterocycles. The van der Waals surface area contributed by atoms with E-state index < -0.39 is 0 Å². The molecule has 0 aliphatic carbocycles. The van der Waals surface area contributed by atoms with Gasteiger partial charge in [-0.1, -0.05) is 11.6 Å². The maximum atomic E-state index is 8.95. The van der Waals surface area contributed by atoms with Crippen molar-refractivity contribution >= 4 is 17.4 Å². The Kier molecular flexibility index (Phi) is 3.44. The van der Waals surface area contributed by atoms with E-state index >= 15 is 0 Å². The summed E-state index contributed by atoms with van der Waals surface area (Å²) in [5.41, 5.74) is 0.765. The predicted octanol–water partition coefficient (Wildman–Crippen LogP) is 2.22. The van der Waals surface area contributed by atoms with Gasteiger partial charge < -0.3 is 10.0 Å². The van der Waals surface area contributed by atoms with Gasteiger partial charge in [-0.05, 0) is 30.9 Å². The average molecular weight is 227 g/mol. The Bertz CT molecular complexity index is 337. The van der Waals surface area contributed by atoms with Crippen LogP contribution in [0.3, 0.4) is 0 Å². The Morgan fingerprint density at radius 3 is 2.67 bits per heavy atom. The lowest BCUT2D eigenvalue weighted by molar-refractivity contribution is 0.281. The second-order valence-corrected chi connectivity index (χ2v) is 4.26. The van der Waals surface area contributed by atoms with Crippen LogP contribution >= 0.6 is 11.6 Å². The third-order valence-electron chi connectivity index (χ3n) is 2.72. The summed E-state index contributed by atoms with van der Waals surface area (Å²) in [5, 5.41) is 9.59. The summed E-state index contributed by atoms with van der Waals surface area (Å²) in [6.07, 6.45) is 5.40. The zero-order valence-corrected chi connectivity index (χ0v) is 9.37. The number of hydrogen-bond acceptors (Lipinski definition) is 3. The molecule has 0 radical (unpaired) electrons. The second kappa shape index (κ2) is 4.81. The minimum atomic E-state index is -0.00694. The Morgan fingerprint density at radius 1 is 1.33 bits per heavy atom. The number of aromatic nitrogens is 1. The molecular formula is C11H15ClN2O. The fourth-order valence-electron chi connectivity index (χ4n) is 1.90. The topological polar surface area (TPSA) is 36.4 Å². The maximum absolute atomic E-state index is 8.95. The van der Waals surface area contributed by atoms with Gasteiger partial charge in [-0.25, -0.2) is 4.98 Å². The summed E-state index contributed by atoms with van der Waals surface area (Å²) in [6.45, 7) is 2.06. The van der Waals surface area contributed by atoms with E-state index in [0.717, 1.165) is 24.5 Å². The number of nitrogens with zero attached hydrogens (tertiary/aromatic N) is 2. The fraction of sp³-hybridized carbons (Fsp3) is 0.545. The number of aliphatic hydroxyl groups is 1. The summed E-state index contributed by atoms with van der Waals surface area (Å²) in [6, 6.07) is 1.79. The first-order valence-corrected chi connectivity index (χ1v) is 5.69. The van der Waals surface area contributed by atoms with E-state index in [4.69, 9.17) is 16.7 Å². The van der Waals surface area contributed by atoms with Gasteiger partial charge in [0.25, 0.3) is 0 Å². The monoisotopic (exact) mass is 226 g/mol. The number of piperidine rings is 1. The average Bonchev–Trinajstić information content (AvgIpc) is 2.30. The van der Waals surface area contributed by atoms with Crippen LogP contribution in [0.1, 0.15) is 24.8 Å². The van der Waals surface area contributed by atoms with Crippen LogP contribution < -0.4 is 4.90 Å². The van der Waals surface area contributed by atoms with Crippen molar-refractivity contribution in [2.24, 2.45) is 0 Å². The molecule has 82 valence electrons. The van der Waals surface area contributed by atoms with Crippen LogP contribution in [0.25, 0.3) is 0 Å². The van der Waals surface area contributed by atoms with Crippen LogP contribution in [0, 0.1) is 0 Å². The normalized spacial score (nSPS) is 16.8. The first-order chi connectivity index (χ1) is 7.31. The van der Waals surface area contributed by atoms with Gasteiger partial charge in [0, 0.05) is 19.3 Å². The third-order valence-corrected chi connectivity index (χ3v) is 2.99. The number of hydrogen-bond donors (Lipinski definition) is 1. The molecule has 2 rings (SSSR count). The van der Waals surface area contributed by atoms with Crippen molar-refractivity contribution < 1.29 is 5.11 Å². The van der Waals surface area contributed by atoms with Crippen LogP contribution in [0.4, 0.5) is 5.82 Å². The molecule has 1 aromatic heterocycles. The molecule has 2 heterocycles. The van der Waals surface area contributed by atoms with Gasteiger partial charge in [0.15, 0.2) is 0 Å². The summed E-state index contributed by atoms with van der Waals surface area (Å²) in [7, 11) is 0. The standard InChI is InChI=1S/C11H15ClN2O/c12-10-6-9(8-15)7-13-11(10)14-4-2-1-3-5-14/h6-7,15H,1-5,8H2. The van der Waals surface area contributed by atoms with Crippen molar-refractivity contribution in [1.82, 2.24) is 4.98 Å². The fourth-order valence-corrected chi connectivity index (χ4v) is 2.20. The quantitative estimate of drug-likeness (QED) is 0.840. The molecular weight excluding hydrogens is 212 g/mol. The van der Waals surface area contributed by atoms with E-state index in [2.05, 4.69) is 9.88 Å². The van der Waals surface area contributed by atoms with Crippen molar-refractivity contribution in [3.05, 3.63) is 22.8 Å². The summed E-state index contributed by atoms with van der Waals surface area (Å²) < 4.78 is 0. The molecule has 0 bridgehead atoms. The van der Waals surface area contributed by atoms with Crippen molar-refractivity contribution in [3.63, 3.8) is 0 Å². The smallest absolute Gasteiger partial charge is 0.147 e. The highest BCUT2D eigenvalue weighted by Crippen LogP contribution is 2.26. The number of anilines is 1. The van der Waals surface area contributed by atoms with E-state index in [1.54, 1.807) is 12.3 Å². The SMILES string of the molecule is OCc1cnc(N2CCCCC2)c(Cl)c1. The molecule has 3 nitrogen and oxygen atoms in total. The van der Waals surface area contributed by atoms with Gasteiger partial charge in [0.2, 0.25) is 0 Å². The molecule has 1 aromatic rings. The highest BCUT2D eigenvalue weighted by molar-refractivity contribution is 6.33. The Hall–Kier alpha value is -0.800. The molecule has 0 saturated carbocycles. The Morgan fingerprint density at radius 2 is 2.07 bits per heavy atom. The zero-order chi connectivity index (χ0) is 10.7. The molecule has 1 N–H and O–H groups in total. The number of pyridine rings is 1. The van der Waals surface area contributed by atoms with Crippen LogP contribution in [-0.2, 0) is 6.61 Å². The van der Waals surface area contributed by atoms with E-state index in [-0.39, 0.29) is 6.61 Å². The highest BCUT2D eigenvalue weighted by Gasteiger charge is 2.15. The molecule has 15 heavy (non-hydrogen) atoms. The first kappa shape index (κ1) is 10.7. The van der Waals surface area contributed by atoms with Crippen LogP contribution in [0.2, 0.25) is 5.02 Å². The Balaban J connectivity index is 2.19. The molecule has 1 aliphatic rings.